The van der Waals surface area contributed by atoms with E-state index in [0.717, 1.165) is 18.7 Å². The monoisotopic (exact) mass is 276 g/mol. The number of hydrogen-bond donors (Lipinski definition) is 3. The number of hydrogen-bond acceptors (Lipinski definition) is 3. The first kappa shape index (κ1) is 14.7. The average molecular weight is 277 g/mol. The predicted octanol–water partition coefficient (Wildman–Crippen LogP) is 2.05. The summed E-state index contributed by atoms with van der Waals surface area (Å²) in [4.78, 5) is 0. The second kappa shape index (κ2) is 7.90. The zero-order chi connectivity index (χ0) is 12.7. The van der Waals surface area contributed by atoms with Crippen molar-refractivity contribution in [3.8, 4) is 0 Å². The van der Waals surface area contributed by atoms with Crippen LogP contribution in [0, 0.1) is 0 Å². The zero-order valence-corrected chi connectivity index (χ0v) is 11.4. The van der Waals surface area contributed by atoms with Crippen molar-refractivity contribution in [3.63, 3.8) is 0 Å². The lowest BCUT2D eigenvalue weighted by atomic mass is 10.2. The molecule has 0 aliphatic rings. The Kier molecular flexibility index (Phi) is 6.85. The number of halogens is 2. The van der Waals surface area contributed by atoms with Gasteiger partial charge in [0.1, 0.15) is 0 Å². The molecule has 0 aromatic heterocycles. The molecule has 1 rings (SSSR count). The summed E-state index contributed by atoms with van der Waals surface area (Å²) in [7, 11) is 0. The van der Waals surface area contributed by atoms with Gasteiger partial charge in [-0.2, -0.15) is 0 Å². The van der Waals surface area contributed by atoms with Gasteiger partial charge in [-0.25, -0.2) is 0 Å². The van der Waals surface area contributed by atoms with E-state index in [2.05, 4.69) is 10.6 Å². The molecule has 1 aromatic rings. The highest BCUT2D eigenvalue weighted by molar-refractivity contribution is 6.35. The van der Waals surface area contributed by atoms with E-state index in [-0.39, 0.29) is 6.10 Å². The Bertz CT molecular complexity index is 325. The Labute approximate surface area is 112 Å². The Morgan fingerprint density at radius 2 is 1.76 bits per heavy atom. The van der Waals surface area contributed by atoms with Crippen LogP contribution >= 0.6 is 23.2 Å². The lowest BCUT2D eigenvalue weighted by Crippen LogP contribution is -2.31. The molecule has 0 heterocycles. The van der Waals surface area contributed by atoms with Crippen molar-refractivity contribution in [2.24, 2.45) is 0 Å². The van der Waals surface area contributed by atoms with Crippen LogP contribution in [-0.2, 0) is 6.54 Å². The van der Waals surface area contributed by atoms with E-state index in [1.54, 1.807) is 6.92 Å². The molecule has 1 unspecified atom stereocenters. The number of benzene rings is 1. The molecule has 17 heavy (non-hydrogen) atoms. The second-order valence-corrected chi connectivity index (χ2v) is 4.74. The highest BCUT2D eigenvalue weighted by Crippen LogP contribution is 2.23. The summed E-state index contributed by atoms with van der Waals surface area (Å²) in [6.07, 6.45) is -0.312. The van der Waals surface area contributed by atoms with Gasteiger partial charge in [0.2, 0.25) is 0 Å². The first-order chi connectivity index (χ1) is 8.11. The van der Waals surface area contributed by atoms with E-state index >= 15 is 0 Å². The third kappa shape index (κ3) is 5.70. The van der Waals surface area contributed by atoms with Crippen LogP contribution in [0.3, 0.4) is 0 Å². The van der Waals surface area contributed by atoms with Crippen molar-refractivity contribution in [3.05, 3.63) is 33.8 Å². The molecular weight excluding hydrogens is 259 g/mol. The molecule has 96 valence electrons. The van der Waals surface area contributed by atoms with Gasteiger partial charge in [0.15, 0.2) is 0 Å². The normalized spacial score (nSPS) is 12.7. The maximum Gasteiger partial charge on any atom is 0.0636 e. The molecule has 0 saturated carbocycles. The van der Waals surface area contributed by atoms with Crippen LogP contribution in [-0.4, -0.2) is 30.8 Å². The molecule has 0 radical (unpaired) electrons. The Morgan fingerprint density at radius 3 is 2.35 bits per heavy atom. The standard InChI is InChI=1S/C12H18Cl2N2O/c1-9(17)7-15-5-6-16-8-10-11(13)3-2-4-12(10)14/h2-4,9,15-17H,5-8H2,1H3. The molecule has 0 saturated heterocycles. The molecule has 0 fully saturated rings. The van der Waals surface area contributed by atoms with Gasteiger partial charge in [-0.1, -0.05) is 29.3 Å². The fourth-order valence-electron chi connectivity index (χ4n) is 1.40. The highest BCUT2D eigenvalue weighted by atomic mass is 35.5. The van der Waals surface area contributed by atoms with Crippen molar-refractivity contribution in [2.75, 3.05) is 19.6 Å². The molecule has 1 aromatic carbocycles. The zero-order valence-electron chi connectivity index (χ0n) is 9.84. The van der Waals surface area contributed by atoms with Crippen LogP contribution in [0.1, 0.15) is 12.5 Å². The first-order valence-electron chi connectivity index (χ1n) is 5.63. The van der Waals surface area contributed by atoms with Crippen molar-refractivity contribution < 1.29 is 5.11 Å². The van der Waals surface area contributed by atoms with Gasteiger partial charge >= 0.3 is 0 Å². The van der Waals surface area contributed by atoms with Gasteiger partial charge in [-0.3, -0.25) is 0 Å². The molecule has 0 aliphatic carbocycles. The number of aliphatic hydroxyl groups is 1. The third-order valence-electron chi connectivity index (χ3n) is 2.28. The maximum absolute atomic E-state index is 9.04. The van der Waals surface area contributed by atoms with Crippen LogP contribution in [0.4, 0.5) is 0 Å². The Balaban J connectivity index is 2.22. The van der Waals surface area contributed by atoms with Gasteiger partial charge in [0.05, 0.1) is 6.10 Å². The van der Waals surface area contributed by atoms with E-state index < -0.39 is 0 Å². The predicted molar refractivity (Wildman–Crippen MR) is 72.7 cm³/mol. The van der Waals surface area contributed by atoms with Crippen LogP contribution in [0.25, 0.3) is 0 Å². The molecule has 5 heteroatoms. The van der Waals surface area contributed by atoms with E-state index in [1.807, 2.05) is 18.2 Å². The van der Waals surface area contributed by atoms with E-state index in [1.165, 1.54) is 0 Å². The van der Waals surface area contributed by atoms with Gasteiger partial charge in [0.25, 0.3) is 0 Å². The summed E-state index contributed by atoms with van der Waals surface area (Å²) >= 11 is 12.1. The average Bonchev–Trinajstić information content (AvgIpc) is 2.26. The van der Waals surface area contributed by atoms with Crippen LogP contribution < -0.4 is 10.6 Å². The largest absolute Gasteiger partial charge is 0.392 e. The third-order valence-corrected chi connectivity index (χ3v) is 2.99. The number of nitrogens with one attached hydrogen (secondary N) is 2. The van der Waals surface area contributed by atoms with Gasteiger partial charge in [0, 0.05) is 41.8 Å². The molecule has 3 nitrogen and oxygen atoms in total. The molecular formula is C12H18Cl2N2O. The molecule has 0 spiro atoms. The van der Waals surface area contributed by atoms with Crippen LogP contribution in [0.15, 0.2) is 18.2 Å². The minimum Gasteiger partial charge on any atom is -0.392 e. The van der Waals surface area contributed by atoms with E-state index in [9.17, 15) is 0 Å². The van der Waals surface area contributed by atoms with Crippen LogP contribution in [0.2, 0.25) is 10.0 Å². The molecule has 0 amide bonds. The molecule has 0 aliphatic heterocycles. The quantitative estimate of drug-likeness (QED) is 0.668. The van der Waals surface area contributed by atoms with Crippen molar-refractivity contribution in [1.82, 2.24) is 10.6 Å². The minimum absolute atomic E-state index is 0.312. The molecule has 3 N–H and O–H groups in total. The van der Waals surface area contributed by atoms with E-state index in [0.29, 0.717) is 23.1 Å². The van der Waals surface area contributed by atoms with Gasteiger partial charge in [-0.05, 0) is 19.1 Å². The maximum atomic E-state index is 9.04. The van der Waals surface area contributed by atoms with Gasteiger partial charge in [-0.15, -0.1) is 0 Å². The summed E-state index contributed by atoms with van der Waals surface area (Å²) in [6.45, 7) is 4.61. The topological polar surface area (TPSA) is 44.3 Å². The fraction of sp³-hybridized carbons (Fsp3) is 0.500. The summed E-state index contributed by atoms with van der Waals surface area (Å²) in [5.41, 5.74) is 0.923. The lowest BCUT2D eigenvalue weighted by molar-refractivity contribution is 0.191. The van der Waals surface area contributed by atoms with Crippen LogP contribution in [0.5, 0.6) is 0 Å². The number of rotatable bonds is 7. The Morgan fingerprint density at radius 1 is 1.18 bits per heavy atom. The highest BCUT2D eigenvalue weighted by Gasteiger charge is 2.04. The summed E-state index contributed by atoms with van der Waals surface area (Å²) in [5, 5.41) is 16.8. The smallest absolute Gasteiger partial charge is 0.0636 e. The molecule has 0 bridgehead atoms. The van der Waals surface area contributed by atoms with Crippen molar-refractivity contribution in [2.45, 2.75) is 19.6 Å². The van der Waals surface area contributed by atoms with Crippen molar-refractivity contribution >= 4 is 23.2 Å². The van der Waals surface area contributed by atoms with Crippen molar-refractivity contribution in [1.29, 1.82) is 0 Å². The summed E-state index contributed by atoms with van der Waals surface area (Å²) < 4.78 is 0. The first-order valence-corrected chi connectivity index (χ1v) is 6.39. The SMILES string of the molecule is CC(O)CNCCNCc1c(Cl)cccc1Cl. The van der Waals surface area contributed by atoms with E-state index in [4.69, 9.17) is 28.3 Å². The lowest BCUT2D eigenvalue weighted by Gasteiger charge is -2.10. The molecule has 1 atom stereocenters. The minimum atomic E-state index is -0.312. The van der Waals surface area contributed by atoms with Gasteiger partial charge < -0.3 is 15.7 Å². The summed E-state index contributed by atoms with van der Waals surface area (Å²) in [6, 6.07) is 5.49. The fourth-order valence-corrected chi connectivity index (χ4v) is 1.93. The number of aliphatic hydroxyl groups excluding tert-OH is 1. The Hall–Kier alpha value is -0.320. The summed E-state index contributed by atoms with van der Waals surface area (Å²) in [5.74, 6) is 0. The second-order valence-electron chi connectivity index (χ2n) is 3.93.